The van der Waals surface area contributed by atoms with Gasteiger partial charge in [0, 0.05) is 12.5 Å². The Labute approximate surface area is 169 Å². The molecular weight excluding hydrogens is 526 g/mol. The monoisotopic (exact) mass is 546 g/mol. The van der Waals surface area contributed by atoms with Gasteiger partial charge in [0.05, 0.1) is 5.39 Å². The smallest absolute Gasteiger partial charge is 0.344 e. The van der Waals surface area contributed by atoms with Crippen molar-refractivity contribution in [2.24, 2.45) is 5.41 Å². The van der Waals surface area contributed by atoms with Gasteiger partial charge in [0.15, 0.2) is 0 Å². The van der Waals surface area contributed by atoms with E-state index >= 15 is 0 Å². The summed E-state index contributed by atoms with van der Waals surface area (Å²) in [5, 5.41) is 1.61. The minimum atomic E-state index is -0.266. The highest BCUT2D eigenvalue weighted by molar-refractivity contribution is 14.1. The molecule has 24 heavy (non-hydrogen) atoms. The average molecular weight is 546 g/mol. The third-order valence-corrected chi connectivity index (χ3v) is 6.28. The number of allylic oxidation sites excluding steroid dienone is 3. The Bertz CT molecular complexity index is 917. The molecule has 0 aliphatic heterocycles. The summed E-state index contributed by atoms with van der Waals surface area (Å²) in [6.07, 6.45) is 7.68. The highest BCUT2D eigenvalue weighted by atomic mass is 127. The van der Waals surface area contributed by atoms with E-state index in [-0.39, 0.29) is 11.0 Å². The Hall–Kier alpha value is -0.630. The van der Waals surface area contributed by atoms with Gasteiger partial charge in [-0.25, -0.2) is 4.79 Å². The molecule has 1 aliphatic carbocycles. The summed E-state index contributed by atoms with van der Waals surface area (Å²) >= 11 is 4.50. The standard InChI is InChI=1S/C20H20I2O2/c1-12-5-4-8-20(2,3)17(12)7-6-14-11-15-16(19(23)24-14)9-13(21)10-18(15)22/h6-7,9-11H,4-5,8H2,1-3H3/b7-6+. The molecule has 3 rings (SSSR count). The van der Waals surface area contributed by atoms with Crippen LogP contribution in [0.1, 0.15) is 45.8 Å². The van der Waals surface area contributed by atoms with E-state index < -0.39 is 0 Å². The highest BCUT2D eigenvalue weighted by Crippen LogP contribution is 2.41. The zero-order valence-corrected chi connectivity index (χ0v) is 18.4. The van der Waals surface area contributed by atoms with Crippen molar-refractivity contribution >= 4 is 62.0 Å². The second kappa shape index (κ2) is 6.94. The van der Waals surface area contributed by atoms with Crippen LogP contribution in [0.5, 0.6) is 0 Å². The van der Waals surface area contributed by atoms with Gasteiger partial charge in [-0.2, -0.15) is 0 Å². The topological polar surface area (TPSA) is 30.2 Å². The predicted molar refractivity (Wildman–Crippen MR) is 117 cm³/mol. The maximum absolute atomic E-state index is 12.3. The zero-order valence-electron chi connectivity index (χ0n) is 14.1. The predicted octanol–water partition coefficient (Wildman–Crippen LogP) is 6.54. The summed E-state index contributed by atoms with van der Waals surface area (Å²) in [5.41, 5.74) is 2.72. The summed E-state index contributed by atoms with van der Waals surface area (Å²) in [6.45, 7) is 6.79. The van der Waals surface area contributed by atoms with Gasteiger partial charge in [-0.15, -0.1) is 0 Å². The van der Waals surface area contributed by atoms with Gasteiger partial charge >= 0.3 is 5.63 Å². The minimum absolute atomic E-state index is 0.181. The van der Waals surface area contributed by atoms with Crippen molar-refractivity contribution in [2.45, 2.75) is 40.0 Å². The fraction of sp³-hybridized carbons (Fsp3) is 0.350. The van der Waals surface area contributed by atoms with Gasteiger partial charge in [-0.1, -0.05) is 25.5 Å². The first-order valence-electron chi connectivity index (χ1n) is 8.09. The molecule has 0 saturated carbocycles. The number of hydrogen-bond donors (Lipinski definition) is 0. The van der Waals surface area contributed by atoms with Crippen LogP contribution >= 0.6 is 45.2 Å². The van der Waals surface area contributed by atoms with Crippen molar-refractivity contribution in [3.8, 4) is 0 Å². The van der Waals surface area contributed by atoms with Crippen LogP contribution in [0.2, 0.25) is 0 Å². The molecule has 1 heterocycles. The Kier molecular flexibility index (Phi) is 5.25. The molecule has 4 heteroatoms. The van der Waals surface area contributed by atoms with Gasteiger partial charge in [0.25, 0.3) is 0 Å². The van der Waals surface area contributed by atoms with Crippen molar-refractivity contribution in [3.05, 3.63) is 58.7 Å². The number of halogens is 2. The first-order chi connectivity index (χ1) is 11.3. The molecule has 1 aliphatic rings. The van der Waals surface area contributed by atoms with Gasteiger partial charge in [-0.3, -0.25) is 0 Å². The van der Waals surface area contributed by atoms with E-state index in [0.29, 0.717) is 11.1 Å². The van der Waals surface area contributed by atoms with E-state index in [1.165, 1.54) is 24.0 Å². The van der Waals surface area contributed by atoms with Crippen LogP contribution in [0.3, 0.4) is 0 Å². The van der Waals surface area contributed by atoms with Crippen LogP contribution < -0.4 is 5.63 Å². The average Bonchev–Trinajstić information content (AvgIpc) is 2.47. The summed E-state index contributed by atoms with van der Waals surface area (Å²) in [7, 11) is 0. The molecule has 0 spiro atoms. The van der Waals surface area contributed by atoms with E-state index in [2.05, 4.69) is 78.1 Å². The molecule has 2 aromatic rings. The van der Waals surface area contributed by atoms with E-state index in [9.17, 15) is 4.79 Å². The van der Waals surface area contributed by atoms with Crippen molar-refractivity contribution in [2.75, 3.05) is 0 Å². The summed E-state index contributed by atoms with van der Waals surface area (Å²) < 4.78 is 7.64. The van der Waals surface area contributed by atoms with Gasteiger partial charge in [-0.05, 0) is 107 Å². The van der Waals surface area contributed by atoms with Crippen LogP contribution in [0, 0.1) is 12.6 Å². The Morgan fingerprint density at radius 2 is 1.88 bits per heavy atom. The molecule has 2 nitrogen and oxygen atoms in total. The van der Waals surface area contributed by atoms with Gasteiger partial charge in [0.2, 0.25) is 0 Å². The molecule has 0 fully saturated rings. The van der Waals surface area contributed by atoms with E-state index in [1.807, 2.05) is 18.2 Å². The summed E-state index contributed by atoms with van der Waals surface area (Å²) in [6, 6.07) is 5.93. The molecule has 1 aromatic heterocycles. The number of fused-ring (bicyclic) bond motifs is 1. The van der Waals surface area contributed by atoms with E-state index in [0.717, 1.165) is 18.9 Å². The fourth-order valence-corrected chi connectivity index (χ4v) is 5.49. The van der Waals surface area contributed by atoms with Crippen molar-refractivity contribution in [1.82, 2.24) is 0 Å². The van der Waals surface area contributed by atoms with Gasteiger partial charge in [0.1, 0.15) is 5.76 Å². The molecule has 1 aromatic carbocycles. The Morgan fingerprint density at radius 3 is 2.58 bits per heavy atom. The molecule has 0 N–H and O–H groups in total. The summed E-state index contributed by atoms with van der Waals surface area (Å²) in [5.74, 6) is 0.619. The normalized spacial score (nSPS) is 17.9. The molecule has 0 amide bonds. The maximum atomic E-state index is 12.3. The second-order valence-electron chi connectivity index (χ2n) is 7.05. The number of rotatable bonds is 2. The molecular formula is C20H20I2O2. The van der Waals surface area contributed by atoms with E-state index in [1.54, 1.807) is 0 Å². The zero-order chi connectivity index (χ0) is 17.5. The van der Waals surface area contributed by atoms with Crippen molar-refractivity contribution in [3.63, 3.8) is 0 Å². The SMILES string of the molecule is CC1=C(/C=C/c2cc3c(I)cc(I)cc3c(=O)o2)C(C)(C)CCC1. The Balaban J connectivity index is 2.06. The largest absolute Gasteiger partial charge is 0.423 e. The highest BCUT2D eigenvalue weighted by Gasteiger charge is 2.26. The quantitative estimate of drug-likeness (QED) is 0.401. The minimum Gasteiger partial charge on any atom is -0.423 e. The lowest BCUT2D eigenvalue weighted by atomic mass is 9.72. The Morgan fingerprint density at radius 1 is 1.12 bits per heavy atom. The first kappa shape index (κ1) is 18.2. The van der Waals surface area contributed by atoms with Crippen molar-refractivity contribution < 1.29 is 4.42 Å². The molecule has 0 unspecified atom stereocenters. The lowest BCUT2D eigenvalue weighted by Crippen LogP contribution is -2.18. The van der Waals surface area contributed by atoms with Crippen LogP contribution in [-0.2, 0) is 0 Å². The summed E-state index contributed by atoms with van der Waals surface area (Å²) in [4.78, 5) is 12.3. The number of benzene rings is 1. The molecule has 0 atom stereocenters. The third-order valence-electron chi connectivity index (χ3n) is 4.77. The fourth-order valence-electron chi connectivity index (χ4n) is 3.49. The maximum Gasteiger partial charge on any atom is 0.344 e. The molecule has 126 valence electrons. The van der Waals surface area contributed by atoms with Crippen LogP contribution in [0.15, 0.2) is 44.6 Å². The molecule has 0 saturated heterocycles. The van der Waals surface area contributed by atoms with Crippen LogP contribution in [0.25, 0.3) is 16.8 Å². The van der Waals surface area contributed by atoms with Crippen molar-refractivity contribution in [1.29, 1.82) is 0 Å². The second-order valence-corrected chi connectivity index (χ2v) is 9.46. The lowest BCUT2D eigenvalue weighted by molar-refractivity contribution is 0.377. The van der Waals surface area contributed by atoms with Crippen LogP contribution in [0.4, 0.5) is 0 Å². The molecule has 0 radical (unpaired) electrons. The van der Waals surface area contributed by atoms with Gasteiger partial charge < -0.3 is 4.42 Å². The first-order valence-corrected chi connectivity index (χ1v) is 10.2. The number of hydrogen-bond acceptors (Lipinski definition) is 2. The van der Waals surface area contributed by atoms with E-state index in [4.69, 9.17) is 4.42 Å². The van der Waals surface area contributed by atoms with Crippen LogP contribution in [-0.4, -0.2) is 0 Å². The lowest BCUT2D eigenvalue weighted by Gasteiger charge is -2.32. The third kappa shape index (κ3) is 3.64. The molecule has 0 bridgehead atoms.